The van der Waals surface area contributed by atoms with Crippen LogP contribution in [0.15, 0.2) is 72.8 Å². The van der Waals surface area contributed by atoms with Crippen molar-refractivity contribution in [3.63, 3.8) is 0 Å². The van der Waals surface area contributed by atoms with Gasteiger partial charge >= 0.3 is 0 Å². The van der Waals surface area contributed by atoms with Crippen molar-refractivity contribution in [2.45, 2.75) is 6.42 Å². The first-order valence-electron chi connectivity index (χ1n) is 7.01. The molecule has 21 heavy (non-hydrogen) atoms. The summed E-state index contributed by atoms with van der Waals surface area (Å²) in [6.45, 7) is 0. The molecule has 0 aliphatic heterocycles. The van der Waals surface area contributed by atoms with Crippen molar-refractivity contribution < 1.29 is 0 Å². The highest BCUT2D eigenvalue weighted by atomic mass is 14.6. The van der Waals surface area contributed by atoms with Crippen molar-refractivity contribution in [2.24, 2.45) is 0 Å². The minimum absolute atomic E-state index is 0.730. The Hall–Kier alpha value is -2.74. The molecule has 0 atom stereocenters. The summed E-state index contributed by atoms with van der Waals surface area (Å²) < 4.78 is 0. The van der Waals surface area contributed by atoms with Crippen molar-refractivity contribution >= 4 is 11.4 Å². The van der Waals surface area contributed by atoms with Crippen LogP contribution in [0.4, 0.5) is 11.4 Å². The number of nitrogens with two attached hydrogens (primary N) is 2. The molecule has 4 N–H and O–H groups in total. The van der Waals surface area contributed by atoms with E-state index in [1.807, 2.05) is 30.3 Å². The molecule has 3 aromatic rings. The van der Waals surface area contributed by atoms with Crippen LogP contribution < -0.4 is 11.5 Å². The maximum atomic E-state index is 6.13. The number of rotatable bonds is 3. The molecule has 0 aliphatic carbocycles. The molecule has 2 nitrogen and oxygen atoms in total. The van der Waals surface area contributed by atoms with Crippen molar-refractivity contribution in [3.8, 4) is 11.1 Å². The lowest BCUT2D eigenvalue weighted by Gasteiger charge is -2.12. The Kier molecular flexibility index (Phi) is 3.61. The van der Waals surface area contributed by atoms with Crippen LogP contribution >= 0.6 is 0 Å². The average Bonchev–Trinajstić information content (AvgIpc) is 2.51. The van der Waals surface area contributed by atoms with Gasteiger partial charge in [0.25, 0.3) is 0 Å². The van der Waals surface area contributed by atoms with Gasteiger partial charge in [-0.05, 0) is 41.3 Å². The number of benzene rings is 3. The molecular formula is C19H18N2. The van der Waals surface area contributed by atoms with E-state index in [2.05, 4.69) is 42.5 Å². The highest BCUT2D eigenvalue weighted by Gasteiger charge is 2.08. The van der Waals surface area contributed by atoms with Gasteiger partial charge in [-0.1, -0.05) is 54.6 Å². The lowest BCUT2D eigenvalue weighted by Crippen LogP contribution is -1.97. The minimum Gasteiger partial charge on any atom is -0.399 e. The van der Waals surface area contributed by atoms with E-state index < -0.39 is 0 Å². The van der Waals surface area contributed by atoms with Gasteiger partial charge < -0.3 is 11.5 Å². The largest absolute Gasteiger partial charge is 0.399 e. The molecule has 0 saturated heterocycles. The van der Waals surface area contributed by atoms with Gasteiger partial charge in [0.15, 0.2) is 0 Å². The third-order valence-corrected chi connectivity index (χ3v) is 3.62. The highest BCUT2D eigenvalue weighted by molar-refractivity contribution is 5.81. The van der Waals surface area contributed by atoms with Gasteiger partial charge in [0, 0.05) is 16.9 Å². The van der Waals surface area contributed by atoms with Crippen LogP contribution in [0.2, 0.25) is 0 Å². The van der Waals surface area contributed by atoms with Crippen LogP contribution in [0, 0.1) is 0 Å². The molecule has 0 fully saturated rings. The van der Waals surface area contributed by atoms with Gasteiger partial charge in [0.05, 0.1) is 0 Å². The summed E-state index contributed by atoms with van der Waals surface area (Å²) in [4.78, 5) is 0. The molecule has 0 radical (unpaired) electrons. The predicted octanol–water partition coefficient (Wildman–Crippen LogP) is 4.11. The molecule has 3 aromatic carbocycles. The average molecular weight is 274 g/mol. The molecule has 0 unspecified atom stereocenters. The summed E-state index contributed by atoms with van der Waals surface area (Å²) in [7, 11) is 0. The van der Waals surface area contributed by atoms with Crippen LogP contribution in [0.5, 0.6) is 0 Å². The molecule has 3 rings (SSSR count). The Labute approximate surface area is 125 Å². The molecule has 0 aromatic heterocycles. The van der Waals surface area contributed by atoms with Gasteiger partial charge in [0.1, 0.15) is 0 Å². The molecule has 0 heterocycles. The SMILES string of the molecule is Nc1ccc(N)c(-c2ccccc2Cc2ccccc2)c1. The zero-order valence-electron chi connectivity index (χ0n) is 11.8. The summed E-state index contributed by atoms with van der Waals surface area (Å²) in [5.41, 5.74) is 18.2. The van der Waals surface area contributed by atoms with Crippen LogP contribution in [0.25, 0.3) is 11.1 Å². The molecule has 0 aliphatic rings. The van der Waals surface area contributed by atoms with Gasteiger partial charge in [-0.15, -0.1) is 0 Å². The maximum Gasteiger partial charge on any atom is 0.0395 e. The van der Waals surface area contributed by atoms with Crippen LogP contribution in [-0.2, 0) is 6.42 Å². The summed E-state index contributed by atoms with van der Waals surface area (Å²) in [6.07, 6.45) is 0.880. The summed E-state index contributed by atoms with van der Waals surface area (Å²) in [6, 6.07) is 24.4. The number of hydrogen-bond donors (Lipinski definition) is 2. The zero-order chi connectivity index (χ0) is 14.7. The number of anilines is 2. The number of nitrogen functional groups attached to an aromatic ring is 2. The van der Waals surface area contributed by atoms with Crippen LogP contribution in [0.3, 0.4) is 0 Å². The van der Waals surface area contributed by atoms with Crippen molar-refractivity contribution in [2.75, 3.05) is 11.5 Å². The Morgan fingerprint density at radius 3 is 2.19 bits per heavy atom. The van der Waals surface area contributed by atoms with Crippen LogP contribution in [0.1, 0.15) is 11.1 Å². The van der Waals surface area contributed by atoms with Gasteiger partial charge in [-0.3, -0.25) is 0 Å². The van der Waals surface area contributed by atoms with Crippen molar-refractivity contribution in [3.05, 3.63) is 83.9 Å². The third kappa shape index (κ3) is 2.90. The maximum absolute atomic E-state index is 6.13. The summed E-state index contributed by atoms with van der Waals surface area (Å²) >= 11 is 0. The Balaban J connectivity index is 2.06. The Morgan fingerprint density at radius 1 is 0.667 bits per heavy atom. The lowest BCUT2D eigenvalue weighted by molar-refractivity contribution is 1.20. The normalized spacial score (nSPS) is 10.5. The van der Waals surface area contributed by atoms with E-state index in [4.69, 9.17) is 11.5 Å². The second kappa shape index (κ2) is 5.71. The first-order chi connectivity index (χ1) is 10.2. The smallest absolute Gasteiger partial charge is 0.0395 e. The second-order valence-corrected chi connectivity index (χ2v) is 5.17. The van der Waals surface area contributed by atoms with Gasteiger partial charge in [0.2, 0.25) is 0 Å². The van der Waals surface area contributed by atoms with E-state index in [1.165, 1.54) is 11.1 Å². The fourth-order valence-electron chi connectivity index (χ4n) is 2.56. The van der Waals surface area contributed by atoms with Crippen molar-refractivity contribution in [1.29, 1.82) is 0 Å². The van der Waals surface area contributed by atoms with E-state index in [0.29, 0.717) is 0 Å². The first kappa shape index (κ1) is 13.3. The predicted molar refractivity (Wildman–Crippen MR) is 90.0 cm³/mol. The van der Waals surface area contributed by atoms with Crippen molar-refractivity contribution in [1.82, 2.24) is 0 Å². The molecule has 0 bridgehead atoms. The lowest BCUT2D eigenvalue weighted by atomic mass is 9.94. The molecule has 0 spiro atoms. The molecule has 0 amide bonds. The second-order valence-electron chi connectivity index (χ2n) is 5.17. The highest BCUT2D eigenvalue weighted by Crippen LogP contribution is 2.31. The zero-order valence-corrected chi connectivity index (χ0v) is 11.8. The molecule has 104 valence electrons. The molecule has 2 heteroatoms. The minimum atomic E-state index is 0.730. The van der Waals surface area contributed by atoms with E-state index in [-0.39, 0.29) is 0 Å². The number of hydrogen-bond acceptors (Lipinski definition) is 2. The van der Waals surface area contributed by atoms with E-state index in [9.17, 15) is 0 Å². The fraction of sp³-hybridized carbons (Fsp3) is 0.0526. The summed E-state index contributed by atoms with van der Waals surface area (Å²) in [5, 5.41) is 0. The standard InChI is InChI=1S/C19H18N2/c20-16-10-11-19(21)18(13-16)17-9-5-4-8-15(17)12-14-6-2-1-3-7-14/h1-11,13H,12,20-21H2. The monoisotopic (exact) mass is 274 g/mol. The fourth-order valence-corrected chi connectivity index (χ4v) is 2.56. The quantitative estimate of drug-likeness (QED) is 0.706. The summed E-state index contributed by atoms with van der Waals surface area (Å²) in [5.74, 6) is 0. The van der Waals surface area contributed by atoms with E-state index >= 15 is 0 Å². The topological polar surface area (TPSA) is 52.0 Å². The van der Waals surface area contributed by atoms with E-state index in [0.717, 1.165) is 28.9 Å². The molecular weight excluding hydrogens is 256 g/mol. The van der Waals surface area contributed by atoms with Crippen LogP contribution in [-0.4, -0.2) is 0 Å². The van der Waals surface area contributed by atoms with E-state index in [1.54, 1.807) is 0 Å². The molecule has 0 saturated carbocycles. The first-order valence-corrected chi connectivity index (χ1v) is 7.01. The van der Waals surface area contributed by atoms with Gasteiger partial charge in [-0.25, -0.2) is 0 Å². The Morgan fingerprint density at radius 2 is 1.38 bits per heavy atom. The van der Waals surface area contributed by atoms with Gasteiger partial charge in [-0.2, -0.15) is 0 Å². The third-order valence-electron chi connectivity index (χ3n) is 3.62. The Bertz CT molecular complexity index is 749.